The SMILES string of the molecule is CCCC1(CNC(=O)c2ccc(S(N)(=O)=O)cc2)CC1. The third kappa shape index (κ3) is 3.58. The molecular weight excluding hydrogens is 276 g/mol. The van der Waals surface area contributed by atoms with E-state index in [9.17, 15) is 13.2 Å². The van der Waals surface area contributed by atoms with Crippen molar-refractivity contribution in [2.24, 2.45) is 10.6 Å². The number of amides is 1. The predicted molar refractivity (Wildman–Crippen MR) is 76.7 cm³/mol. The fraction of sp³-hybridized carbons (Fsp3) is 0.500. The third-order valence-corrected chi connectivity index (χ3v) is 4.74. The molecule has 6 heteroatoms. The Bertz CT molecular complexity index is 589. The highest BCUT2D eigenvalue weighted by molar-refractivity contribution is 7.89. The van der Waals surface area contributed by atoms with Crippen molar-refractivity contribution in [2.45, 2.75) is 37.5 Å². The molecule has 1 aromatic carbocycles. The van der Waals surface area contributed by atoms with Crippen molar-refractivity contribution in [1.82, 2.24) is 5.32 Å². The van der Waals surface area contributed by atoms with Crippen molar-refractivity contribution < 1.29 is 13.2 Å². The molecule has 0 aromatic heterocycles. The molecule has 20 heavy (non-hydrogen) atoms. The summed E-state index contributed by atoms with van der Waals surface area (Å²) in [6.07, 6.45) is 4.60. The van der Waals surface area contributed by atoms with Crippen LogP contribution in [0.2, 0.25) is 0 Å². The molecule has 0 saturated heterocycles. The summed E-state index contributed by atoms with van der Waals surface area (Å²) in [4.78, 5) is 12.0. The summed E-state index contributed by atoms with van der Waals surface area (Å²) < 4.78 is 22.3. The second-order valence-electron chi connectivity index (χ2n) is 5.50. The van der Waals surface area contributed by atoms with Crippen LogP contribution in [-0.2, 0) is 10.0 Å². The molecule has 2 rings (SSSR count). The first-order valence-corrected chi connectivity index (χ1v) is 8.32. The van der Waals surface area contributed by atoms with Crippen LogP contribution in [0.5, 0.6) is 0 Å². The first kappa shape index (κ1) is 15.0. The molecule has 1 aromatic rings. The van der Waals surface area contributed by atoms with E-state index in [-0.39, 0.29) is 10.8 Å². The summed E-state index contributed by atoms with van der Waals surface area (Å²) >= 11 is 0. The number of hydrogen-bond donors (Lipinski definition) is 2. The summed E-state index contributed by atoms with van der Waals surface area (Å²) in [7, 11) is -3.71. The van der Waals surface area contributed by atoms with Crippen LogP contribution < -0.4 is 10.5 Å². The molecule has 1 saturated carbocycles. The van der Waals surface area contributed by atoms with E-state index in [1.807, 2.05) is 0 Å². The molecule has 0 bridgehead atoms. The van der Waals surface area contributed by atoms with Crippen LogP contribution in [0.4, 0.5) is 0 Å². The van der Waals surface area contributed by atoms with Crippen LogP contribution >= 0.6 is 0 Å². The maximum atomic E-state index is 12.0. The molecule has 0 heterocycles. The molecule has 0 spiro atoms. The normalized spacial score (nSPS) is 16.7. The van der Waals surface area contributed by atoms with Gasteiger partial charge in [0.1, 0.15) is 0 Å². The van der Waals surface area contributed by atoms with Crippen molar-refractivity contribution in [3.63, 3.8) is 0 Å². The molecule has 1 aliphatic carbocycles. The first-order valence-electron chi connectivity index (χ1n) is 6.77. The summed E-state index contributed by atoms with van der Waals surface area (Å²) in [5, 5.41) is 7.94. The number of primary sulfonamides is 1. The number of carbonyl (C=O) groups excluding carboxylic acids is 1. The highest BCUT2D eigenvalue weighted by Crippen LogP contribution is 2.48. The quantitative estimate of drug-likeness (QED) is 0.836. The Morgan fingerprint density at radius 1 is 1.30 bits per heavy atom. The Balaban J connectivity index is 1.96. The lowest BCUT2D eigenvalue weighted by molar-refractivity contribution is 0.0943. The fourth-order valence-electron chi connectivity index (χ4n) is 2.39. The van der Waals surface area contributed by atoms with Crippen LogP contribution in [0.25, 0.3) is 0 Å². The van der Waals surface area contributed by atoms with E-state index < -0.39 is 10.0 Å². The minimum Gasteiger partial charge on any atom is -0.351 e. The number of hydrogen-bond acceptors (Lipinski definition) is 3. The molecular formula is C14H20N2O3S. The van der Waals surface area contributed by atoms with Crippen LogP contribution in [-0.4, -0.2) is 20.9 Å². The fourth-order valence-corrected chi connectivity index (χ4v) is 2.90. The maximum Gasteiger partial charge on any atom is 0.251 e. The van der Waals surface area contributed by atoms with Gasteiger partial charge in [0, 0.05) is 12.1 Å². The molecule has 0 aliphatic heterocycles. The number of carbonyl (C=O) groups is 1. The monoisotopic (exact) mass is 296 g/mol. The van der Waals surface area contributed by atoms with Gasteiger partial charge in [-0.3, -0.25) is 4.79 Å². The van der Waals surface area contributed by atoms with Crippen LogP contribution in [0.15, 0.2) is 29.2 Å². The Labute approximate surface area is 119 Å². The van der Waals surface area contributed by atoms with Gasteiger partial charge in [0.15, 0.2) is 0 Å². The summed E-state index contributed by atoms with van der Waals surface area (Å²) in [5.74, 6) is -0.173. The zero-order valence-electron chi connectivity index (χ0n) is 11.6. The second kappa shape index (κ2) is 5.54. The smallest absolute Gasteiger partial charge is 0.251 e. The molecule has 3 N–H and O–H groups in total. The van der Waals surface area contributed by atoms with Gasteiger partial charge in [0.05, 0.1) is 4.90 Å². The Morgan fingerprint density at radius 2 is 1.90 bits per heavy atom. The zero-order valence-corrected chi connectivity index (χ0v) is 12.4. The van der Waals surface area contributed by atoms with Crippen LogP contribution in [0.3, 0.4) is 0 Å². The van der Waals surface area contributed by atoms with Gasteiger partial charge in [0.25, 0.3) is 5.91 Å². The molecule has 0 radical (unpaired) electrons. The molecule has 1 amide bonds. The number of rotatable bonds is 6. The molecule has 0 unspecified atom stereocenters. The van der Waals surface area contributed by atoms with Gasteiger partial charge in [-0.1, -0.05) is 13.3 Å². The third-order valence-electron chi connectivity index (χ3n) is 3.81. The first-order chi connectivity index (χ1) is 9.36. The van der Waals surface area contributed by atoms with E-state index in [1.54, 1.807) is 0 Å². The minimum atomic E-state index is -3.71. The number of nitrogens with two attached hydrogens (primary N) is 1. The topological polar surface area (TPSA) is 89.3 Å². The summed E-state index contributed by atoms with van der Waals surface area (Å²) in [5.41, 5.74) is 0.745. The molecule has 110 valence electrons. The number of benzene rings is 1. The number of sulfonamides is 1. The van der Waals surface area contributed by atoms with Crippen molar-refractivity contribution in [3.8, 4) is 0 Å². The average Bonchev–Trinajstić information content (AvgIpc) is 3.16. The van der Waals surface area contributed by atoms with Crippen molar-refractivity contribution in [2.75, 3.05) is 6.54 Å². The van der Waals surface area contributed by atoms with Crippen LogP contribution in [0, 0.1) is 5.41 Å². The molecule has 0 atom stereocenters. The number of nitrogens with one attached hydrogen (secondary N) is 1. The Hall–Kier alpha value is -1.40. The predicted octanol–water partition coefficient (Wildman–Crippen LogP) is 1.64. The standard InChI is InChI=1S/C14H20N2O3S/c1-2-7-14(8-9-14)10-16-13(17)11-3-5-12(6-4-11)20(15,18)19/h3-6H,2,7-10H2,1H3,(H,16,17)(H2,15,18,19). The molecule has 1 fully saturated rings. The van der Waals surface area contributed by atoms with E-state index in [4.69, 9.17) is 5.14 Å². The maximum absolute atomic E-state index is 12.0. The van der Waals surface area contributed by atoms with E-state index in [1.165, 1.54) is 37.1 Å². The average molecular weight is 296 g/mol. The Morgan fingerprint density at radius 3 is 2.35 bits per heavy atom. The van der Waals surface area contributed by atoms with Crippen molar-refractivity contribution in [1.29, 1.82) is 0 Å². The lowest BCUT2D eigenvalue weighted by Gasteiger charge is -2.14. The lowest BCUT2D eigenvalue weighted by Crippen LogP contribution is -2.30. The zero-order chi connectivity index (χ0) is 14.8. The van der Waals surface area contributed by atoms with E-state index in [0.717, 1.165) is 12.8 Å². The van der Waals surface area contributed by atoms with Gasteiger partial charge >= 0.3 is 0 Å². The highest BCUT2D eigenvalue weighted by Gasteiger charge is 2.41. The van der Waals surface area contributed by atoms with Crippen molar-refractivity contribution >= 4 is 15.9 Å². The summed E-state index contributed by atoms with van der Waals surface area (Å²) in [6.45, 7) is 2.84. The van der Waals surface area contributed by atoms with Crippen LogP contribution in [0.1, 0.15) is 43.0 Å². The van der Waals surface area contributed by atoms with E-state index in [2.05, 4.69) is 12.2 Å². The van der Waals surface area contributed by atoms with Gasteiger partial charge in [0.2, 0.25) is 10.0 Å². The largest absolute Gasteiger partial charge is 0.351 e. The second-order valence-corrected chi connectivity index (χ2v) is 7.06. The lowest BCUT2D eigenvalue weighted by atomic mass is 10.0. The van der Waals surface area contributed by atoms with Crippen molar-refractivity contribution in [3.05, 3.63) is 29.8 Å². The van der Waals surface area contributed by atoms with Gasteiger partial charge in [-0.15, -0.1) is 0 Å². The van der Waals surface area contributed by atoms with Gasteiger partial charge in [-0.05, 0) is 48.9 Å². The molecule has 5 nitrogen and oxygen atoms in total. The minimum absolute atomic E-state index is 0.0127. The molecule has 1 aliphatic rings. The van der Waals surface area contributed by atoms with Gasteiger partial charge < -0.3 is 5.32 Å². The highest BCUT2D eigenvalue weighted by atomic mass is 32.2. The van der Waals surface area contributed by atoms with Gasteiger partial charge in [-0.2, -0.15) is 0 Å². The Kier molecular flexibility index (Phi) is 4.15. The summed E-state index contributed by atoms with van der Waals surface area (Å²) in [6, 6.07) is 5.66. The van der Waals surface area contributed by atoms with E-state index in [0.29, 0.717) is 17.5 Å². The van der Waals surface area contributed by atoms with Gasteiger partial charge in [-0.25, -0.2) is 13.6 Å². The van der Waals surface area contributed by atoms with E-state index >= 15 is 0 Å².